The molecule has 1 rings (SSSR count). The van der Waals surface area contributed by atoms with Crippen molar-refractivity contribution < 1.29 is 0 Å². The number of benzene rings is 1. The molecule has 0 amide bonds. The van der Waals surface area contributed by atoms with Crippen LogP contribution in [0.1, 0.15) is 0 Å². The van der Waals surface area contributed by atoms with Crippen molar-refractivity contribution >= 4 is 38.5 Å². The van der Waals surface area contributed by atoms with E-state index in [2.05, 4.69) is 82.5 Å². The Labute approximate surface area is 112 Å². The van der Waals surface area contributed by atoms with Crippen molar-refractivity contribution in [2.75, 3.05) is 0 Å². The summed E-state index contributed by atoms with van der Waals surface area (Å²) in [4.78, 5) is 0. The van der Waals surface area contributed by atoms with Gasteiger partial charge in [-0.2, -0.15) is 7.76 Å². The first-order chi connectivity index (χ1) is 7.64. The standard InChI is InChI=1S/C12H24NP2Si2/c1-16(2,3)13(17(4,5)6)15(14)12-10-8-7-9-11-12/h7-11,14H,1-6H3/q-1. The molecular weight excluding hydrogens is 276 g/mol. The summed E-state index contributed by atoms with van der Waals surface area (Å²) in [5.41, 5.74) is 0. The van der Waals surface area contributed by atoms with Crippen LogP contribution in [0.25, 0.3) is 0 Å². The molecule has 0 spiro atoms. The van der Waals surface area contributed by atoms with Crippen LogP contribution in [0.3, 0.4) is 0 Å². The molecule has 0 N–H and O–H groups in total. The lowest BCUT2D eigenvalue weighted by atomic mass is 10.4. The van der Waals surface area contributed by atoms with E-state index in [1.54, 1.807) is 0 Å². The van der Waals surface area contributed by atoms with Gasteiger partial charge < -0.3 is 12.9 Å². The molecule has 0 heterocycles. The van der Waals surface area contributed by atoms with Crippen LogP contribution in [0.2, 0.25) is 39.3 Å². The molecule has 0 aliphatic rings. The SMILES string of the molecule is C[Si](C)(C)N(P([PH-])c1ccccc1)[Si](C)(C)C. The molecule has 1 atom stereocenters. The second kappa shape index (κ2) is 5.63. The summed E-state index contributed by atoms with van der Waals surface area (Å²) < 4.78 is 2.83. The third-order valence-electron chi connectivity index (χ3n) is 2.47. The summed E-state index contributed by atoms with van der Waals surface area (Å²) in [5, 5.41) is 1.43. The Balaban J connectivity index is 3.09. The molecule has 0 aliphatic heterocycles. The Bertz CT molecular complexity index is 343. The highest BCUT2D eigenvalue weighted by Crippen LogP contribution is 2.52. The Morgan fingerprint density at radius 2 is 1.29 bits per heavy atom. The average Bonchev–Trinajstić information content (AvgIpc) is 2.14. The first-order valence-electron chi connectivity index (χ1n) is 6.01. The van der Waals surface area contributed by atoms with E-state index in [0.717, 1.165) is 0 Å². The largest absolute Gasteiger partial charge is 0.506 e. The van der Waals surface area contributed by atoms with Gasteiger partial charge in [0.1, 0.15) is 16.5 Å². The molecule has 1 aromatic rings. The van der Waals surface area contributed by atoms with Gasteiger partial charge in [0.05, 0.1) is 0 Å². The van der Waals surface area contributed by atoms with Crippen LogP contribution < -0.4 is 5.30 Å². The zero-order chi connectivity index (χ0) is 13.3. The van der Waals surface area contributed by atoms with Crippen molar-refractivity contribution in [3.63, 3.8) is 0 Å². The molecule has 1 aromatic carbocycles. The Kier molecular flexibility index (Phi) is 5.14. The summed E-state index contributed by atoms with van der Waals surface area (Å²) in [5.74, 6) is 0. The Morgan fingerprint density at radius 3 is 1.65 bits per heavy atom. The van der Waals surface area contributed by atoms with Gasteiger partial charge in [-0.1, -0.05) is 69.6 Å². The van der Waals surface area contributed by atoms with Crippen molar-refractivity contribution in [1.29, 1.82) is 0 Å². The van der Waals surface area contributed by atoms with Crippen LogP contribution in [0.15, 0.2) is 30.3 Å². The molecule has 0 saturated carbocycles. The highest BCUT2D eigenvalue weighted by Gasteiger charge is 2.35. The summed E-state index contributed by atoms with van der Waals surface area (Å²) in [6.45, 7) is 14.7. The molecule has 0 fully saturated rings. The number of nitrogens with zero attached hydrogens (tertiary/aromatic N) is 1. The molecule has 96 valence electrons. The molecule has 17 heavy (non-hydrogen) atoms. The van der Waals surface area contributed by atoms with Gasteiger partial charge in [0.15, 0.2) is 0 Å². The van der Waals surface area contributed by atoms with E-state index in [-0.39, 0.29) is 7.76 Å². The van der Waals surface area contributed by atoms with Gasteiger partial charge in [-0.05, 0) is 5.30 Å². The fourth-order valence-corrected chi connectivity index (χ4v) is 22.4. The summed E-state index contributed by atoms with van der Waals surface area (Å²) in [6, 6.07) is 10.8. The van der Waals surface area contributed by atoms with E-state index in [1.165, 1.54) is 5.30 Å². The quantitative estimate of drug-likeness (QED) is 0.573. The van der Waals surface area contributed by atoms with Crippen molar-refractivity contribution in [2.45, 2.75) is 39.3 Å². The van der Waals surface area contributed by atoms with Crippen molar-refractivity contribution in [3.8, 4) is 0 Å². The highest BCUT2D eigenvalue weighted by molar-refractivity contribution is 8.17. The maximum Gasteiger partial charge on any atom is 0.114 e. The molecule has 0 bridgehead atoms. The monoisotopic (exact) mass is 300 g/mol. The number of hydrogen-bond donors (Lipinski definition) is 0. The van der Waals surface area contributed by atoms with Crippen molar-refractivity contribution in [2.24, 2.45) is 0 Å². The van der Waals surface area contributed by atoms with Gasteiger partial charge in [-0.3, -0.25) is 0 Å². The summed E-state index contributed by atoms with van der Waals surface area (Å²) >= 11 is 0. The summed E-state index contributed by atoms with van der Waals surface area (Å²) in [7, 11) is 1.10. The van der Waals surface area contributed by atoms with Crippen molar-refractivity contribution in [3.05, 3.63) is 30.3 Å². The maximum atomic E-state index is 4.04. The lowest BCUT2D eigenvalue weighted by molar-refractivity contribution is 0.989. The molecule has 0 radical (unpaired) electrons. The number of rotatable bonds is 4. The Morgan fingerprint density at radius 1 is 0.882 bits per heavy atom. The minimum absolute atomic E-state index is 0.353. The van der Waals surface area contributed by atoms with E-state index >= 15 is 0 Å². The second-order valence-corrected chi connectivity index (χ2v) is 19.9. The maximum absolute atomic E-state index is 4.04. The van der Waals surface area contributed by atoms with E-state index in [4.69, 9.17) is 0 Å². The van der Waals surface area contributed by atoms with Crippen LogP contribution in [0.4, 0.5) is 0 Å². The second-order valence-electron chi connectivity index (χ2n) is 6.30. The minimum Gasteiger partial charge on any atom is -0.506 e. The minimum atomic E-state index is -1.29. The van der Waals surface area contributed by atoms with Crippen LogP contribution in [-0.4, -0.2) is 20.5 Å². The molecule has 0 saturated heterocycles. The molecule has 0 aliphatic carbocycles. The lowest BCUT2D eigenvalue weighted by Gasteiger charge is -2.52. The lowest BCUT2D eigenvalue weighted by Crippen LogP contribution is -2.56. The number of hydrogen-bond acceptors (Lipinski definition) is 1. The predicted octanol–water partition coefficient (Wildman–Crippen LogP) is 4.74. The Hall–Kier alpha value is 0.474. The predicted molar refractivity (Wildman–Crippen MR) is 89.8 cm³/mol. The topological polar surface area (TPSA) is 3.24 Å². The van der Waals surface area contributed by atoms with E-state index in [9.17, 15) is 0 Å². The van der Waals surface area contributed by atoms with Gasteiger partial charge in [-0.15, -0.1) is 0 Å². The van der Waals surface area contributed by atoms with E-state index < -0.39 is 16.5 Å². The molecule has 0 aromatic heterocycles. The van der Waals surface area contributed by atoms with E-state index in [1.807, 2.05) is 0 Å². The fourth-order valence-electron chi connectivity index (χ4n) is 2.29. The van der Waals surface area contributed by atoms with Crippen LogP contribution in [0, 0.1) is 0 Å². The van der Waals surface area contributed by atoms with Gasteiger partial charge in [-0.25, -0.2) is 0 Å². The first kappa shape index (κ1) is 15.5. The zero-order valence-electron chi connectivity index (χ0n) is 11.8. The normalized spacial score (nSPS) is 15.1. The average molecular weight is 300 g/mol. The third kappa shape index (κ3) is 4.26. The third-order valence-corrected chi connectivity index (χ3v) is 17.6. The van der Waals surface area contributed by atoms with Crippen molar-refractivity contribution in [1.82, 2.24) is 4.00 Å². The molecule has 1 nitrogen and oxygen atoms in total. The van der Waals surface area contributed by atoms with Gasteiger partial charge in [0.25, 0.3) is 0 Å². The zero-order valence-corrected chi connectivity index (χ0v) is 15.7. The van der Waals surface area contributed by atoms with Crippen LogP contribution >= 0.6 is 16.7 Å². The molecular formula is C12H24NP2Si2-. The van der Waals surface area contributed by atoms with E-state index in [0.29, 0.717) is 0 Å². The molecule has 5 heteroatoms. The highest BCUT2D eigenvalue weighted by atomic mass is 32.0. The first-order valence-corrected chi connectivity index (χ1v) is 15.5. The summed E-state index contributed by atoms with van der Waals surface area (Å²) in [6.07, 6.45) is 0. The van der Waals surface area contributed by atoms with Gasteiger partial charge in [0.2, 0.25) is 0 Å². The fraction of sp³-hybridized carbons (Fsp3) is 0.500. The van der Waals surface area contributed by atoms with Gasteiger partial charge in [0, 0.05) is 0 Å². The van der Waals surface area contributed by atoms with Crippen LogP contribution in [-0.2, 0) is 0 Å². The van der Waals surface area contributed by atoms with Crippen LogP contribution in [0.5, 0.6) is 0 Å². The smallest absolute Gasteiger partial charge is 0.114 e. The van der Waals surface area contributed by atoms with Gasteiger partial charge >= 0.3 is 0 Å². The molecule has 1 unspecified atom stereocenters.